The third kappa shape index (κ3) is 2.94. The molecule has 0 aromatic carbocycles. The number of amides is 1. The molecule has 0 bridgehead atoms. The molecule has 1 fully saturated rings. The first-order valence-electron chi connectivity index (χ1n) is 8.66. The minimum atomic E-state index is -0.0989. The van der Waals surface area contributed by atoms with Crippen molar-refractivity contribution in [1.82, 2.24) is 14.9 Å². The van der Waals surface area contributed by atoms with Crippen LogP contribution in [-0.2, 0) is 5.41 Å². The van der Waals surface area contributed by atoms with Gasteiger partial charge in [0.1, 0.15) is 10.7 Å². The van der Waals surface area contributed by atoms with Crippen LogP contribution in [0.15, 0.2) is 0 Å². The van der Waals surface area contributed by atoms with Crippen molar-refractivity contribution in [3.8, 4) is 0 Å². The lowest BCUT2D eigenvalue weighted by Gasteiger charge is -2.24. The van der Waals surface area contributed by atoms with Crippen LogP contribution >= 0.6 is 11.3 Å². The zero-order valence-electron chi connectivity index (χ0n) is 15.7. The Balaban J connectivity index is 2.04. The molecule has 1 atom stereocenters. The van der Waals surface area contributed by atoms with Crippen LogP contribution in [0.1, 0.15) is 67.3 Å². The number of aryl methyl sites for hydroxylation is 2. The van der Waals surface area contributed by atoms with Gasteiger partial charge in [-0.25, -0.2) is 9.97 Å². The molecule has 2 heterocycles. The lowest BCUT2D eigenvalue weighted by Crippen LogP contribution is -2.36. The Morgan fingerprint density at radius 1 is 1.25 bits per heavy atom. The zero-order valence-corrected chi connectivity index (χ0v) is 16.5. The Kier molecular flexibility index (Phi) is 4.19. The molecule has 3 rings (SSSR count). The lowest BCUT2D eigenvalue weighted by atomic mass is 9.95. The molecule has 1 amide bonds. The van der Waals surface area contributed by atoms with Gasteiger partial charge in [-0.1, -0.05) is 20.8 Å². The third-order valence-electron chi connectivity index (χ3n) is 5.07. The largest absolute Gasteiger partial charge is 0.338 e. The van der Waals surface area contributed by atoms with E-state index in [-0.39, 0.29) is 11.3 Å². The van der Waals surface area contributed by atoms with E-state index in [1.807, 2.05) is 25.8 Å². The van der Waals surface area contributed by atoms with E-state index in [2.05, 4.69) is 27.7 Å². The third-order valence-corrected chi connectivity index (χ3v) is 6.25. The van der Waals surface area contributed by atoms with E-state index in [1.54, 1.807) is 0 Å². The van der Waals surface area contributed by atoms with Gasteiger partial charge in [0.05, 0.1) is 10.6 Å². The van der Waals surface area contributed by atoms with Gasteiger partial charge >= 0.3 is 0 Å². The van der Waals surface area contributed by atoms with Crippen LogP contribution in [0.2, 0.25) is 0 Å². The Hall–Kier alpha value is -1.49. The van der Waals surface area contributed by atoms with Gasteiger partial charge in [0.15, 0.2) is 0 Å². The molecule has 0 aliphatic heterocycles. The topological polar surface area (TPSA) is 46.1 Å². The van der Waals surface area contributed by atoms with Gasteiger partial charge in [-0.05, 0) is 45.1 Å². The Morgan fingerprint density at radius 2 is 1.88 bits per heavy atom. The highest BCUT2D eigenvalue weighted by Gasteiger charge is 2.34. The predicted octanol–water partition coefficient (Wildman–Crippen LogP) is 4.48. The van der Waals surface area contributed by atoms with Crippen molar-refractivity contribution in [3.05, 3.63) is 22.0 Å². The van der Waals surface area contributed by atoms with Crippen LogP contribution in [0, 0.1) is 19.8 Å². The van der Waals surface area contributed by atoms with Crippen molar-refractivity contribution in [2.24, 2.45) is 5.92 Å². The summed E-state index contributed by atoms with van der Waals surface area (Å²) in [6.07, 6.45) is 2.48. The van der Waals surface area contributed by atoms with E-state index in [9.17, 15) is 4.79 Å². The van der Waals surface area contributed by atoms with Crippen LogP contribution in [0.25, 0.3) is 10.2 Å². The van der Waals surface area contributed by atoms with Gasteiger partial charge in [0.2, 0.25) is 0 Å². The lowest BCUT2D eigenvalue weighted by molar-refractivity contribution is 0.0731. The van der Waals surface area contributed by atoms with E-state index in [0.29, 0.717) is 12.0 Å². The first-order chi connectivity index (χ1) is 11.1. The molecule has 1 aliphatic rings. The first-order valence-corrected chi connectivity index (χ1v) is 9.48. The molecule has 1 unspecified atom stereocenters. The van der Waals surface area contributed by atoms with Crippen LogP contribution < -0.4 is 0 Å². The summed E-state index contributed by atoms with van der Waals surface area (Å²) in [5.74, 6) is 1.63. The average Bonchev–Trinajstić information content (AvgIpc) is 3.28. The smallest absolute Gasteiger partial charge is 0.264 e. The number of fused-ring (bicyclic) bond motifs is 1. The molecular formula is C19H27N3OS. The van der Waals surface area contributed by atoms with Crippen LogP contribution in [0.3, 0.4) is 0 Å². The van der Waals surface area contributed by atoms with E-state index in [1.165, 1.54) is 24.2 Å². The molecule has 0 saturated heterocycles. The Bertz CT molecular complexity index is 799. The number of aromatic nitrogens is 2. The predicted molar refractivity (Wildman–Crippen MR) is 99.9 cm³/mol. The van der Waals surface area contributed by atoms with E-state index < -0.39 is 0 Å². The number of rotatable bonds is 3. The highest BCUT2D eigenvalue weighted by molar-refractivity contribution is 7.20. The molecule has 2 aromatic rings. The van der Waals surface area contributed by atoms with Gasteiger partial charge in [-0.15, -0.1) is 11.3 Å². The van der Waals surface area contributed by atoms with E-state index >= 15 is 0 Å². The average molecular weight is 346 g/mol. The minimum absolute atomic E-state index is 0.0989. The van der Waals surface area contributed by atoms with Crippen molar-refractivity contribution in [3.63, 3.8) is 0 Å². The summed E-state index contributed by atoms with van der Waals surface area (Å²) in [4.78, 5) is 26.1. The molecular weight excluding hydrogens is 318 g/mol. The van der Waals surface area contributed by atoms with Crippen LogP contribution in [-0.4, -0.2) is 33.9 Å². The summed E-state index contributed by atoms with van der Waals surface area (Å²) >= 11 is 1.51. The monoisotopic (exact) mass is 345 g/mol. The molecule has 1 saturated carbocycles. The molecule has 0 radical (unpaired) electrons. The maximum absolute atomic E-state index is 13.0. The number of carbonyl (C=O) groups is 1. The zero-order chi connectivity index (χ0) is 17.8. The van der Waals surface area contributed by atoms with Crippen molar-refractivity contribution in [1.29, 1.82) is 0 Å². The highest BCUT2D eigenvalue weighted by Crippen LogP contribution is 2.37. The number of thiophene rings is 1. The number of hydrogen-bond acceptors (Lipinski definition) is 4. The molecule has 5 heteroatoms. The minimum Gasteiger partial charge on any atom is -0.338 e. The van der Waals surface area contributed by atoms with Crippen molar-refractivity contribution in [2.45, 2.75) is 65.8 Å². The molecule has 0 spiro atoms. The normalized spacial score (nSPS) is 16.5. The molecule has 0 N–H and O–H groups in total. The van der Waals surface area contributed by atoms with Gasteiger partial charge < -0.3 is 4.90 Å². The molecule has 130 valence electrons. The summed E-state index contributed by atoms with van der Waals surface area (Å²) in [5, 5.41) is 1.05. The van der Waals surface area contributed by atoms with Gasteiger partial charge in [0, 0.05) is 23.9 Å². The first kappa shape index (κ1) is 17.3. The summed E-state index contributed by atoms with van der Waals surface area (Å²) in [7, 11) is 1.92. The maximum atomic E-state index is 13.0. The quantitative estimate of drug-likeness (QED) is 0.824. The summed E-state index contributed by atoms with van der Waals surface area (Å²) in [5.41, 5.74) is 1.89. The number of nitrogens with zero attached hydrogens (tertiary/aromatic N) is 3. The van der Waals surface area contributed by atoms with Crippen molar-refractivity contribution >= 4 is 27.5 Å². The standard InChI is InChI=1S/C19H27N3OS/c1-10-14-11(2)20-18(19(4,5)6)21-16(14)24-15(10)17(23)22(7)12(3)13-8-9-13/h12-13H,8-9H2,1-7H3. The van der Waals surface area contributed by atoms with Gasteiger partial charge in [0.25, 0.3) is 5.91 Å². The van der Waals surface area contributed by atoms with Crippen molar-refractivity contribution < 1.29 is 4.79 Å². The van der Waals surface area contributed by atoms with E-state index in [4.69, 9.17) is 9.97 Å². The second-order valence-electron chi connectivity index (χ2n) is 8.11. The fraction of sp³-hybridized carbons (Fsp3) is 0.632. The SMILES string of the molecule is Cc1nc(C(C)(C)C)nc2sc(C(=O)N(C)C(C)C3CC3)c(C)c12. The Morgan fingerprint density at radius 3 is 2.42 bits per heavy atom. The fourth-order valence-corrected chi connectivity index (χ4v) is 4.33. The number of hydrogen-bond donors (Lipinski definition) is 0. The van der Waals surface area contributed by atoms with E-state index in [0.717, 1.165) is 32.2 Å². The van der Waals surface area contributed by atoms with Crippen molar-refractivity contribution in [2.75, 3.05) is 7.05 Å². The summed E-state index contributed by atoms with van der Waals surface area (Å²) in [6, 6.07) is 0.305. The second-order valence-corrected chi connectivity index (χ2v) is 9.11. The van der Waals surface area contributed by atoms with Gasteiger partial charge in [-0.3, -0.25) is 4.79 Å². The second kappa shape index (κ2) is 5.80. The molecule has 24 heavy (non-hydrogen) atoms. The summed E-state index contributed by atoms with van der Waals surface area (Å²) < 4.78 is 0. The number of carbonyl (C=O) groups excluding carboxylic acids is 1. The van der Waals surface area contributed by atoms with Gasteiger partial charge in [-0.2, -0.15) is 0 Å². The summed E-state index contributed by atoms with van der Waals surface area (Å²) in [6.45, 7) is 12.5. The van der Waals surface area contributed by atoms with Crippen LogP contribution in [0.4, 0.5) is 0 Å². The van der Waals surface area contributed by atoms with Crippen LogP contribution in [0.5, 0.6) is 0 Å². The Labute approximate surface area is 148 Å². The highest BCUT2D eigenvalue weighted by atomic mass is 32.1. The molecule has 1 aliphatic carbocycles. The fourth-order valence-electron chi connectivity index (χ4n) is 3.12. The molecule has 2 aromatic heterocycles. The molecule has 4 nitrogen and oxygen atoms in total. The maximum Gasteiger partial charge on any atom is 0.264 e.